The molecule has 0 aromatic heterocycles. The van der Waals surface area contributed by atoms with Crippen LogP contribution in [-0.4, -0.2) is 23.8 Å². The number of ether oxygens (including phenoxy) is 2. The second-order valence-electron chi connectivity index (χ2n) is 7.07. The summed E-state index contributed by atoms with van der Waals surface area (Å²) in [5.74, 6) is -1.22. The van der Waals surface area contributed by atoms with Crippen LogP contribution in [0, 0.1) is 24.0 Å². The third kappa shape index (κ3) is 4.95. The van der Waals surface area contributed by atoms with E-state index in [4.69, 9.17) is 9.47 Å². The number of nitrogens with zero attached hydrogens (tertiary/aromatic N) is 1. The molecule has 0 fully saturated rings. The van der Waals surface area contributed by atoms with Crippen LogP contribution in [0.3, 0.4) is 0 Å². The summed E-state index contributed by atoms with van der Waals surface area (Å²) < 4.78 is 10.5. The predicted molar refractivity (Wildman–Crippen MR) is 114 cm³/mol. The van der Waals surface area contributed by atoms with Crippen LogP contribution in [0.1, 0.15) is 43.5 Å². The van der Waals surface area contributed by atoms with E-state index in [2.05, 4.69) is 0 Å². The van der Waals surface area contributed by atoms with E-state index in [0.717, 1.165) is 17.2 Å². The molecule has 1 atom stereocenters. The quantitative estimate of drug-likeness (QED) is 0.231. The maximum Gasteiger partial charge on any atom is 0.339 e. The molecule has 3 aromatic carbocycles. The fourth-order valence-electron chi connectivity index (χ4n) is 3.02. The van der Waals surface area contributed by atoms with Gasteiger partial charge in [-0.25, -0.2) is 4.79 Å². The molecule has 0 aliphatic heterocycles. The van der Waals surface area contributed by atoms with Crippen molar-refractivity contribution in [1.29, 1.82) is 0 Å². The van der Waals surface area contributed by atoms with Gasteiger partial charge in [-0.15, -0.1) is 0 Å². The SMILES string of the molecule is COc1ccc(C(=O)O[C@@H](C(=O)c2ccc(C)cc2)c2ccc(C)cc2)cc1[N+](=O)[O-]. The summed E-state index contributed by atoms with van der Waals surface area (Å²) in [4.78, 5) is 36.6. The van der Waals surface area contributed by atoms with Crippen LogP contribution in [0.25, 0.3) is 0 Å². The molecular weight excluding hydrogens is 398 g/mol. The zero-order chi connectivity index (χ0) is 22.5. The molecule has 0 spiro atoms. The van der Waals surface area contributed by atoms with Gasteiger partial charge in [0.25, 0.3) is 0 Å². The Morgan fingerprint density at radius 2 is 1.42 bits per heavy atom. The second-order valence-corrected chi connectivity index (χ2v) is 7.07. The summed E-state index contributed by atoms with van der Waals surface area (Å²) >= 11 is 0. The number of rotatable bonds is 7. The highest BCUT2D eigenvalue weighted by Gasteiger charge is 2.28. The van der Waals surface area contributed by atoms with Gasteiger partial charge in [0.1, 0.15) is 0 Å². The van der Waals surface area contributed by atoms with Crippen LogP contribution >= 0.6 is 0 Å². The maximum atomic E-state index is 13.2. The molecule has 0 aliphatic carbocycles. The number of carbonyl (C=O) groups is 2. The first-order valence-corrected chi connectivity index (χ1v) is 9.51. The molecule has 0 bridgehead atoms. The first-order chi connectivity index (χ1) is 14.8. The lowest BCUT2D eigenvalue weighted by atomic mass is 9.98. The summed E-state index contributed by atoms with van der Waals surface area (Å²) in [6.07, 6.45) is -1.20. The molecule has 0 unspecified atom stereocenters. The molecule has 0 N–H and O–H groups in total. The van der Waals surface area contributed by atoms with Crippen molar-refractivity contribution in [3.8, 4) is 5.75 Å². The van der Waals surface area contributed by atoms with E-state index in [1.807, 2.05) is 26.0 Å². The predicted octanol–water partition coefficient (Wildman–Crippen LogP) is 5.00. The Balaban J connectivity index is 1.96. The fraction of sp³-hybridized carbons (Fsp3) is 0.167. The minimum absolute atomic E-state index is 0.0207. The van der Waals surface area contributed by atoms with E-state index in [1.54, 1.807) is 36.4 Å². The molecule has 0 saturated heterocycles. The highest BCUT2D eigenvalue weighted by Crippen LogP contribution is 2.30. The van der Waals surface area contributed by atoms with Crippen LogP contribution in [0.5, 0.6) is 5.75 Å². The molecular formula is C24H21NO6. The van der Waals surface area contributed by atoms with Crippen molar-refractivity contribution in [3.05, 3.63) is 105 Å². The van der Waals surface area contributed by atoms with Gasteiger partial charge in [-0.05, 0) is 26.0 Å². The van der Waals surface area contributed by atoms with Gasteiger partial charge in [0, 0.05) is 17.2 Å². The molecule has 7 heteroatoms. The van der Waals surface area contributed by atoms with Gasteiger partial charge in [0.15, 0.2) is 11.9 Å². The maximum absolute atomic E-state index is 13.2. The van der Waals surface area contributed by atoms with Crippen LogP contribution in [0.2, 0.25) is 0 Å². The molecule has 31 heavy (non-hydrogen) atoms. The van der Waals surface area contributed by atoms with E-state index >= 15 is 0 Å². The minimum Gasteiger partial charge on any atom is -0.490 e. The summed E-state index contributed by atoms with van der Waals surface area (Å²) in [5, 5.41) is 11.3. The normalized spacial score (nSPS) is 11.5. The van der Waals surface area contributed by atoms with Crippen molar-refractivity contribution in [2.24, 2.45) is 0 Å². The van der Waals surface area contributed by atoms with E-state index in [9.17, 15) is 19.7 Å². The van der Waals surface area contributed by atoms with E-state index in [0.29, 0.717) is 11.1 Å². The average Bonchev–Trinajstić information content (AvgIpc) is 2.77. The Morgan fingerprint density at radius 3 is 1.97 bits per heavy atom. The summed E-state index contributed by atoms with van der Waals surface area (Å²) in [6.45, 7) is 3.81. The molecule has 3 rings (SSSR count). The highest BCUT2D eigenvalue weighted by molar-refractivity contribution is 6.02. The Bertz CT molecular complexity index is 1120. The van der Waals surface area contributed by atoms with Gasteiger partial charge in [-0.2, -0.15) is 0 Å². The van der Waals surface area contributed by atoms with E-state index < -0.39 is 17.0 Å². The molecule has 7 nitrogen and oxygen atoms in total. The van der Waals surface area contributed by atoms with Crippen LogP contribution in [0.4, 0.5) is 5.69 Å². The zero-order valence-corrected chi connectivity index (χ0v) is 17.3. The lowest BCUT2D eigenvalue weighted by Gasteiger charge is -2.18. The number of esters is 1. The third-order valence-electron chi connectivity index (χ3n) is 4.79. The molecule has 3 aromatic rings. The van der Waals surface area contributed by atoms with Crippen molar-refractivity contribution in [1.82, 2.24) is 0 Å². The number of hydrogen-bond donors (Lipinski definition) is 0. The van der Waals surface area contributed by atoms with Crippen LogP contribution in [0.15, 0.2) is 66.7 Å². The highest BCUT2D eigenvalue weighted by atomic mass is 16.6. The topological polar surface area (TPSA) is 95.7 Å². The van der Waals surface area contributed by atoms with E-state index in [-0.39, 0.29) is 22.8 Å². The van der Waals surface area contributed by atoms with E-state index in [1.165, 1.54) is 19.2 Å². The molecule has 0 aliphatic rings. The van der Waals surface area contributed by atoms with Crippen LogP contribution < -0.4 is 4.74 Å². The zero-order valence-electron chi connectivity index (χ0n) is 17.3. The number of hydrogen-bond acceptors (Lipinski definition) is 6. The number of aryl methyl sites for hydroxylation is 2. The van der Waals surface area contributed by atoms with Gasteiger partial charge in [-0.1, -0.05) is 59.7 Å². The summed E-state index contributed by atoms with van der Waals surface area (Å²) in [5.41, 5.74) is 2.46. The van der Waals surface area contributed by atoms with Crippen molar-refractivity contribution in [2.75, 3.05) is 7.11 Å². The molecule has 0 amide bonds. The van der Waals surface area contributed by atoms with Gasteiger partial charge in [0.05, 0.1) is 17.6 Å². The fourth-order valence-corrected chi connectivity index (χ4v) is 3.02. The summed E-state index contributed by atoms with van der Waals surface area (Å²) in [6, 6.07) is 17.8. The Labute approximate surface area is 179 Å². The number of ketones is 1. The smallest absolute Gasteiger partial charge is 0.339 e. The van der Waals surface area contributed by atoms with Crippen molar-refractivity contribution < 1.29 is 24.0 Å². The molecule has 0 saturated carbocycles. The van der Waals surface area contributed by atoms with Gasteiger partial charge >= 0.3 is 11.7 Å². The van der Waals surface area contributed by atoms with Crippen molar-refractivity contribution in [2.45, 2.75) is 20.0 Å². The van der Waals surface area contributed by atoms with Gasteiger partial charge in [0.2, 0.25) is 5.78 Å². The Morgan fingerprint density at radius 1 is 0.871 bits per heavy atom. The number of nitro groups is 1. The third-order valence-corrected chi connectivity index (χ3v) is 4.79. The number of Topliss-reactive ketones (excluding diaryl/α,β-unsaturated/α-hetero) is 1. The van der Waals surface area contributed by atoms with Gasteiger partial charge < -0.3 is 9.47 Å². The molecule has 0 heterocycles. The summed E-state index contributed by atoms with van der Waals surface area (Å²) in [7, 11) is 1.30. The molecule has 0 radical (unpaired) electrons. The first-order valence-electron chi connectivity index (χ1n) is 9.51. The van der Waals surface area contributed by atoms with Crippen LogP contribution in [-0.2, 0) is 4.74 Å². The standard InChI is InChI=1S/C24H21NO6/c1-15-4-8-17(9-5-15)22(26)23(18-10-6-16(2)7-11-18)31-24(27)19-12-13-21(30-3)20(14-19)25(28)29/h4-14,23H,1-3H3/t23-/m1/s1. The lowest BCUT2D eigenvalue weighted by molar-refractivity contribution is -0.385. The molecule has 158 valence electrons. The first kappa shape index (κ1) is 21.7. The largest absolute Gasteiger partial charge is 0.490 e. The monoisotopic (exact) mass is 419 g/mol. The number of methoxy groups -OCH3 is 1. The van der Waals surface area contributed by atoms with Crippen molar-refractivity contribution in [3.63, 3.8) is 0 Å². The minimum atomic E-state index is -1.20. The van der Waals surface area contributed by atoms with Crippen molar-refractivity contribution >= 4 is 17.4 Å². The lowest BCUT2D eigenvalue weighted by Crippen LogP contribution is -2.20. The van der Waals surface area contributed by atoms with Gasteiger partial charge in [-0.3, -0.25) is 14.9 Å². The second kappa shape index (κ2) is 9.21. The number of carbonyl (C=O) groups excluding carboxylic acids is 2. The Hall–Kier alpha value is -4.00. The number of benzene rings is 3. The average molecular weight is 419 g/mol. The number of nitro benzene ring substituents is 1. The Kier molecular flexibility index (Phi) is 6.45.